The molecule has 16 heavy (non-hydrogen) atoms. The van der Waals surface area contributed by atoms with Gasteiger partial charge in [-0.25, -0.2) is 0 Å². The Hall–Kier alpha value is -1.78. The first-order valence-corrected chi connectivity index (χ1v) is 5.15. The molecular formula is C12H14N4. The monoisotopic (exact) mass is 214 g/mol. The highest BCUT2D eigenvalue weighted by Crippen LogP contribution is 2.21. The van der Waals surface area contributed by atoms with Crippen LogP contribution in [0.2, 0.25) is 0 Å². The second kappa shape index (κ2) is 4.83. The molecule has 0 aliphatic carbocycles. The maximum absolute atomic E-state index is 5.68. The fourth-order valence-corrected chi connectivity index (χ4v) is 1.63. The first kappa shape index (κ1) is 10.7. The molecule has 0 amide bonds. The fourth-order valence-electron chi connectivity index (χ4n) is 1.63. The quantitative estimate of drug-likeness (QED) is 0.800. The molecule has 4 heteroatoms. The summed E-state index contributed by atoms with van der Waals surface area (Å²) in [5.41, 5.74) is 15.0. The Morgan fingerprint density at radius 1 is 0.812 bits per heavy atom. The van der Waals surface area contributed by atoms with Crippen LogP contribution in [0.15, 0.2) is 36.7 Å². The number of hydrogen-bond acceptors (Lipinski definition) is 4. The van der Waals surface area contributed by atoms with Crippen molar-refractivity contribution in [3.8, 4) is 11.4 Å². The van der Waals surface area contributed by atoms with Crippen molar-refractivity contribution < 1.29 is 0 Å². The van der Waals surface area contributed by atoms with E-state index in [9.17, 15) is 0 Å². The summed E-state index contributed by atoms with van der Waals surface area (Å²) < 4.78 is 0. The van der Waals surface area contributed by atoms with Crippen LogP contribution in [-0.4, -0.2) is 9.97 Å². The van der Waals surface area contributed by atoms with Gasteiger partial charge in [-0.3, -0.25) is 9.97 Å². The van der Waals surface area contributed by atoms with Gasteiger partial charge in [-0.1, -0.05) is 12.1 Å². The van der Waals surface area contributed by atoms with Crippen LogP contribution >= 0.6 is 0 Å². The highest BCUT2D eigenvalue weighted by molar-refractivity contribution is 5.62. The average molecular weight is 214 g/mol. The van der Waals surface area contributed by atoms with Gasteiger partial charge >= 0.3 is 0 Å². The van der Waals surface area contributed by atoms with Gasteiger partial charge in [-0.2, -0.15) is 0 Å². The minimum atomic E-state index is 0.448. The van der Waals surface area contributed by atoms with Gasteiger partial charge < -0.3 is 11.5 Å². The summed E-state index contributed by atoms with van der Waals surface area (Å²) >= 11 is 0. The Labute approximate surface area is 94.3 Å². The predicted molar refractivity (Wildman–Crippen MR) is 63.3 cm³/mol. The standard InChI is InChI=1S/C12H14N4/c13-7-9-3-1-5-15-11(9)12-10(8-14)4-2-6-16-12/h1-6H,7-8,13-14H2. The molecule has 0 aliphatic rings. The van der Waals surface area contributed by atoms with Crippen LogP contribution in [-0.2, 0) is 13.1 Å². The van der Waals surface area contributed by atoms with Crippen molar-refractivity contribution in [2.45, 2.75) is 13.1 Å². The van der Waals surface area contributed by atoms with Gasteiger partial charge in [0, 0.05) is 25.5 Å². The SMILES string of the molecule is NCc1cccnc1-c1ncccc1CN. The third-order valence-electron chi connectivity index (χ3n) is 2.45. The lowest BCUT2D eigenvalue weighted by atomic mass is 10.1. The molecule has 2 aromatic rings. The lowest BCUT2D eigenvalue weighted by molar-refractivity contribution is 1.02. The zero-order valence-electron chi connectivity index (χ0n) is 8.93. The lowest BCUT2D eigenvalue weighted by Crippen LogP contribution is -2.05. The molecular weight excluding hydrogens is 200 g/mol. The van der Waals surface area contributed by atoms with Crippen molar-refractivity contribution in [2.75, 3.05) is 0 Å². The third-order valence-corrected chi connectivity index (χ3v) is 2.45. The van der Waals surface area contributed by atoms with Crippen molar-refractivity contribution in [1.29, 1.82) is 0 Å². The Morgan fingerprint density at radius 2 is 1.25 bits per heavy atom. The van der Waals surface area contributed by atoms with Gasteiger partial charge in [0.05, 0.1) is 11.4 Å². The van der Waals surface area contributed by atoms with Crippen LogP contribution in [0.4, 0.5) is 0 Å². The molecule has 0 aromatic carbocycles. The molecule has 2 aromatic heterocycles. The van der Waals surface area contributed by atoms with E-state index >= 15 is 0 Å². The van der Waals surface area contributed by atoms with Gasteiger partial charge in [0.2, 0.25) is 0 Å². The summed E-state index contributed by atoms with van der Waals surface area (Å²) in [6.07, 6.45) is 3.48. The Bertz CT molecular complexity index is 436. The predicted octanol–water partition coefficient (Wildman–Crippen LogP) is 1.06. The zero-order valence-corrected chi connectivity index (χ0v) is 8.93. The molecule has 0 atom stereocenters. The third kappa shape index (κ3) is 1.93. The fraction of sp³-hybridized carbons (Fsp3) is 0.167. The Balaban J connectivity index is 2.58. The molecule has 4 nitrogen and oxygen atoms in total. The molecule has 0 spiro atoms. The van der Waals surface area contributed by atoms with E-state index in [1.54, 1.807) is 12.4 Å². The van der Waals surface area contributed by atoms with Crippen LogP contribution in [0.3, 0.4) is 0 Å². The largest absolute Gasteiger partial charge is 0.326 e. The molecule has 0 radical (unpaired) electrons. The molecule has 4 N–H and O–H groups in total. The van der Waals surface area contributed by atoms with Gasteiger partial charge in [0.1, 0.15) is 0 Å². The van der Waals surface area contributed by atoms with E-state index < -0.39 is 0 Å². The molecule has 0 aliphatic heterocycles. The second-order valence-electron chi connectivity index (χ2n) is 3.43. The first-order valence-electron chi connectivity index (χ1n) is 5.15. The summed E-state index contributed by atoms with van der Waals surface area (Å²) in [6, 6.07) is 7.65. The van der Waals surface area contributed by atoms with Gasteiger partial charge in [-0.05, 0) is 23.3 Å². The van der Waals surface area contributed by atoms with Crippen molar-refractivity contribution in [3.63, 3.8) is 0 Å². The molecule has 0 fully saturated rings. The summed E-state index contributed by atoms with van der Waals surface area (Å²) in [5.74, 6) is 0. The molecule has 0 saturated heterocycles. The number of rotatable bonds is 3. The minimum Gasteiger partial charge on any atom is -0.326 e. The normalized spacial score (nSPS) is 10.4. The summed E-state index contributed by atoms with van der Waals surface area (Å²) in [7, 11) is 0. The number of pyridine rings is 2. The van der Waals surface area contributed by atoms with Gasteiger partial charge in [0.25, 0.3) is 0 Å². The van der Waals surface area contributed by atoms with E-state index in [1.165, 1.54) is 0 Å². The van der Waals surface area contributed by atoms with Crippen molar-refractivity contribution in [3.05, 3.63) is 47.8 Å². The molecule has 0 unspecified atom stereocenters. The van der Waals surface area contributed by atoms with E-state index in [2.05, 4.69) is 9.97 Å². The topological polar surface area (TPSA) is 77.8 Å². The van der Waals surface area contributed by atoms with E-state index in [0.29, 0.717) is 13.1 Å². The van der Waals surface area contributed by atoms with Crippen LogP contribution in [0.5, 0.6) is 0 Å². The smallest absolute Gasteiger partial charge is 0.0934 e. The van der Waals surface area contributed by atoms with Crippen molar-refractivity contribution in [1.82, 2.24) is 9.97 Å². The van der Waals surface area contributed by atoms with Crippen molar-refractivity contribution >= 4 is 0 Å². The average Bonchev–Trinajstić information content (AvgIpc) is 2.38. The number of nitrogens with zero attached hydrogens (tertiary/aromatic N) is 2. The Morgan fingerprint density at radius 3 is 1.62 bits per heavy atom. The minimum absolute atomic E-state index is 0.448. The first-order chi connectivity index (χ1) is 7.86. The van der Waals surface area contributed by atoms with Crippen LogP contribution < -0.4 is 11.5 Å². The van der Waals surface area contributed by atoms with Crippen molar-refractivity contribution in [2.24, 2.45) is 11.5 Å². The lowest BCUT2D eigenvalue weighted by Gasteiger charge is -2.09. The molecule has 82 valence electrons. The maximum atomic E-state index is 5.68. The summed E-state index contributed by atoms with van der Waals surface area (Å²) in [6.45, 7) is 0.896. The highest BCUT2D eigenvalue weighted by atomic mass is 14.8. The van der Waals surface area contributed by atoms with Crippen LogP contribution in [0.25, 0.3) is 11.4 Å². The van der Waals surface area contributed by atoms with Gasteiger partial charge in [0.15, 0.2) is 0 Å². The van der Waals surface area contributed by atoms with Crippen LogP contribution in [0.1, 0.15) is 11.1 Å². The number of nitrogens with two attached hydrogens (primary N) is 2. The Kier molecular flexibility index (Phi) is 3.24. The number of hydrogen-bond donors (Lipinski definition) is 2. The second-order valence-corrected chi connectivity index (χ2v) is 3.43. The summed E-state index contributed by atoms with van der Waals surface area (Å²) in [4.78, 5) is 8.66. The molecule has 2 rings (SSSR count). The van der Waals surface area contributed by atoms with E-state index in [1.807, 2.05) is 24.3 Å². The van der Waals surface area contributed by atoms with E-state index in [-0.39, 0.29) is 0 Å². The van der Waals surface area contributed by atoms with E-state index in [4.69, 9.17) is 11.5 Å². The summed E-state index contributed by atoms with van der Waals surface area (Å²) in [5, 5.41) is 0. The zero-order chi connectivity index (χ0) is 11.4. The van der Waals surface area contributed by atoms with Gasteiger partial charge in [-0.15, -0.1) is 0 Å². The van der Waals surface area contributed by atoms with Crippen LogP contribution in [0, 0.1) is 0 Å². The maximum Gasteiger partial charge on any atom is 0.0934 e. The molecule has 0 saturated carbocycles. The number of aromatic nitrogens is 2. The molecule has 2 heterocycles. The van der Waals surface area contributed by atoms with E-state index in [0.717, 1.165) is 22.5 Å². The highest BCUT2D eigenvalue weighted by Gasteiger charge is 2.09. The molecule has 0 bridgehead atoms.